The third-order valence-corrected chi connectivity index (χ3v) is 4.75. The molecule has 3 nitrogen and oxygen atoms in total. The number of benzene rings is 1. The average Bonchev–Trinajstić information content (AvgIpc) is 2.79. The Morgan fingerprint density at radius 2 is 1.95 bits per heavy atom. The maximum Gasteiger partial charge on any atom is 0.120 e. The summed E-state index contributed by atoms with van der Waals surface area (Å²) >= 11 is 0. The zero-order valence-corrected chi connectivity index (χ0v) is 12.6. The van der Waals surface area contributed by atoms with Crippen LogP contribution in [0.2, 0.25) is 0 Å². The van der Waals surface area contributed by atoms with Gasteiger partial charge in [-0.1, -0.05) is 44.2 Å². The van der Waals surface area contributed by atoms with E-state index < -0.39 is 0 Å². The lowest BCUT2D eigenvalue weighted by Crippen LogP contribution is -2.32. The molecule has 3 rings (SSSR count). The number of hydrogen-bond donors (Lipinski definition) is 1. The molecule has 1 fully saturated rings. The summed E-state index contributed by atoms with van der Waals surface area (Å²) in [5, 5.41) is 0. The number of hydrogen-bond acceptors (Lipinski definition) is 2. The van der Waals surface area contributed by atoms with Gasteiger partial charge in [0.1, 0.15) is 5.82 Å². The zero-order chi connectivity index (χ0) is 14.2. The molecule has 1 N–H and O–H groups in total. The first-order valence-corrected chi connectivity index (χ1v) is 7.26. The smallest absolute Gasteiger partial charge is 0.120 e. The first kappa shape index (κ1) is 13.4. The Labute approximate surface area is 121 Å². The number of likely N-dealkylation sites (N-methyl/N-ethyl adjacent to an activating group) is 1. The number of imidazole rings is 1. The lowest BCUT2D eigenvalue weighted by molar-refractivity contribution is 0.266. The Kier molecular flexibility index (Phi) is 3.17. The maximum atomic E-state index is 4.32. The molecule has 1 aliphatic rings. The Morgan fingerprint density at radius 3 is 2.50 bits per heavy atom. The zero-order valence-electron chi connectivity index (χ0n) is 12.6. The fraction of sp³-hybridized carbons (Fsp3) is 0.471. The lowest BCUT2D eigenvalue weighted by Gasteiger charge is -2.27. The van der Waals surface area contributed by atoms with E-state index in [1.165, 1.54) is 12.0 Å². The van der Waals surface area contributed by atoms with Crippen LogP contribution in [0.3, 0.4) is 0 Å². The van der Waals surface area contributed by atoms with Crippen molar-refractivity contribution in [3.05, 3.63) is 54.1 Å². The number of rotatable bonds is 5. The van der Waals surface area contributed by atoms with Gasteiger partial charge >= 0.3 is 0 Å². The third kappa shape index (κ3) is 2.27. The monoisotopic (exact) mass is 269 g/mol. The molecule has 106 valence electrons. The van der Waals surface area contributed by atoms with Gasteiger partial charge in [-0.15, -0.1) is 0 Å². The van der Waals surface area contributed by atoms with Crippen molar-refractivity contribution in [2.75, 3.05) is 13.6 Å². The molecule has 0 saturated heterocycles. The predicted octanol–water partition coefficient (Wildman–Crippen LogP) is 3.21. The molecule has 0 amide bonds. The Morgan fingerprint density at radius 1 is 1.25 bits per heavy atom. The molecule has 1 aliphatic carbocycles. The lowest BCUT2D eigenvalue weighted by atomic mass is 9.87. The maximum absolute atomic E-state index is 4.32. The van der Waals surface area contributed by atoms with Gasteiger partial charge in [0, 0.05) is 24.4 Å². The topological polar surface area (TPSA) is 31.9 Å². The first-order chi connectivity index (χ1) is 9.53. The van der Waals surface area contributed by atoms with Crippen molar-refractivity contribution in [1.82, 2.24) is 14.9 Å². The first-order valence-electron chi connectivity index (χ1n) is 7.26. The molecule has 20 heavy (non-hydrogen) atoms. The molecule has 0 bridgehead atoms. The van der Waals surface area contributed by atoms with Crippen LogP contribution in [-0.2, 0) is 12.0 Å². The van der Waals surface area contributed by atoms with Crippen LogP contribution in [0.25, 0.3) is 0 Å². The Bertz CT molecular complexity index is 559. The summed E-state index contributed by atoms with van der Waals surface area (Å²) in [5.74, 6) is 1.04. The number of aromatic nitrogens is 2. The van der Waals surface area contributed by atoms with E-state index in [0.29, 0.717) is 5.41 Å². The highest BCUT2D eigenvalue weighted by atomic mass is 15.1. The summed E-state index contributed by atoms with van der Waals surface area (Å²) in [6.07, 6.45) is 4.96. The second-order valence-electron chi connectivity index (χ2n) is 6.72. The molecule has 1 saturated carbocycles. The number of H-pyrrole nitrogens is 1. The highest BCUT2D eigenvalue weighted by Crippen LogP contribution is 2.64. The molecule has 0 radical (unpaired) electrons. The molecule has 1 aromatic carbocycles. The van der Waals surface area contributed by atoms with E-state index in [0.717, 1.165) is 18.9 Å². The second kappa shape index (κ2) is 4.74. The molecular formula is C17H23N3. The van der Waals surface area contributed by atoms with Gasteiger partial charge in [0.25, 0.3) is 0 Å². The van der Waals surface area contributed by atoms with Gasteiger partial charge < -0.3 is 4.98 Å². The third-order valence-electron chi connectivity index (χ3n) is 4.75. The van der Waals surface area contributed by atoms with Gasteiger partial charge in [-0.05, 0) is 24.4 Å². The number of nitrogens with one attached hydrogen (secondary N) is 1. The molecule has 1 aromatic heterocycles. The second-order valence-corrected chi connectivity index (χ2v) is 6.72. The van der Waals surface area contributed by atoms with Crippen molar-refractivity contribution in [1.29, 1.82) is 0 Å². The number of aromatic amines is 1. The minimum atomic E-state index is 0.287. The van der Waals surface area contributed by atoms with Crippen molar-refractivity contribution in [2.24, 2.45) is 5.41 Å². The van der Waals surface area contributed by atoms with E-state index >= 15 is 0 Å². The minimum absolute atomic E-state index is 0.287. The van der Waals surface area contributed by atoms with E-state index in [4.69, 9.17) is 0 Å². The van der Waals surface area contributed by atoms with Crippen LogP contribution in [-0.4, -0.2) is 28.5 Å². The largest absolute Gasteiger partial charge is 0.348 e. The average molecular weight is 269 g/mol. The van der Waals surface area contributed by atoms with Crippen LogP contribution in [0.5, 0.6) is 0 Å². The summed E-state index contributed by atoms with van der Waals surface area (Å²) in [5.41, 5.74) is 2.14. The van der Waals surface area contributed by atoms with Crippen molar-refractivity contribution < 1.29 is 0 Å². The van der Waals surface area contributed by atoms with Crippen LogP contribution in [0.15, 0.2) is 42.7 Å². The molecule has 1 heterocycles. The normalized spacial score (nSPS) is 24.0. The fourth-order valence-electron chi connectivity index (χ4n) is 3.48. The molecule has 0 aliphatic heterocycles. The summed E-state index contributed by atoms with van der Waals surface area (Å²) in [4.78, 5) is 9.88. The number of nitrogens with zero attached hydrogens (tertiary/aromatic N) is 2. The molecule has 2 aromatic rings. The van der Waals surface area contributed by atoms with Crippen molar-refractivity contribution in [3.8, 4) is 0 Å². The van der Waals surface area contributed by atoms with Gasteiger partial charge in [0.2, 0.25) is 0 Å². The summed E-state index contributed by atoms with van der Waals surface area (Å²) in [7, 11) is 2.18. The van der Waals surface area contributed by atoms with Gasteiger partial charge in [0.05, 0.1) is 6.54 Å². The minimum Gasteiger partial charge on any atom is -0.348 e. The van der Waals surface area contributed by atoms with Crippen molar-refractivity contribution >= 4 is 0 Å². The summed E-state index contributed by atoms with van der Waals surface area (Å²) < 4.78 is 0. The van der Waals surface area contributed by atoms with E-state index in [1.807, 2.05) is 12.4 Å². The van der Waals surface area contributed by atoms with E-state index in [-0.39, 0.29) is 5.41 Å². The van der Waals surface area contributed by atoms with Crippen LogP contribution < -0.4 is 0 Å². The SMILES string of the molecule is CN(Cc1ncc[nH]1)C[C@]1(c2ccccc2)CC1(C)C. The Balaban J connectivity index is 1.76. The summed E-state index contributed by atoms with van der Waals surface area (Å²) in [6, 6.07) is 10.9. The van der Waals surface area contributed by atoms with Crippen LogP contribution in [0.4, 0.5) is 0 Å². The van der Waals surface area contributed by atoms with Crippen LogP contribution in [0.1, 0.15) is 31.7 Å². The predicted molar refractivity (Wildman–Crippen MR) is 81.4 cm³/mol. The van der Waals surface area contributed by atoms with Crippen LogP contribution in [0, 0.1) is 5.41 Å². The highest BCUT2D eigenvalue weighted by molar-refractivity contribution is 5.37. The van der Waals surface area contributed by atoms with Crippen LogP contribution >= 0.6 is 0 Å². The molecule has 1 atom stereocenters. The highest BCUT2D eigenvalue weighted by Gasteiger charge is 2.61. The fourth-order valence-corrected chi connectivity index (χ4v) is 3.48. The van der Waals surface area contributed by atoms with Gasteiger partial charge in [-0.2, -0.15) is 0 Å². The van der Waals surface area contributed by atoms with Gasteiger partial charge in [-0.3, -0.25) is 4.90 Å². The molecular weight excluding hydrogens is 246 g/mol. The molecule has 0 spiro atoms. The van der Waals surface area contributed by atoms with E-state index in [2.05, 4.69) is 66.1 Å². The van der Waals surface area contributed by atoms with Crippen molar-refractivity contribution in [3.63, 3.8) is 0 Å². The van der Waals surface area contributed by atoms with Gasteiger partial charge in [-0.25, -0.2) is 4.98 Å². The van der Waals surface area contributed by atoms with Crippen molar-refractivity contribution in [2.45, 2.75) is 32.2 Å². The molecule has 0 unspecified atom stereocenters. The standard InChI is InChI=1S/C17H23N3/c1-16(2)12-17(16,14-7-5-4-6-8-14)13-20(3)11-15-18-9-10-19-15/h4-10H,11-13H2,1-3H3,(H,18,19)/t17-/m0/s1. The molecule has 3 heteroatoms. The Hall–Kier alpha value is -1.61. The van der Waals surface area contributed by atoms with E-state index in [9.17, 15) is 0 Å². The van der Waals surface area contributed by atoms with Gasteiger partial charge in [0.15, 0.2) is 0 Å². The summed E-state index contributed by atoms with van der Waals surface area (Å²) in [6.45, 7) is 6.70. The quantitative estimate of drug-likeness (QED) is 0.904. The van der Waals surface area contributed by atoms with E-state index in [1.54, 1.807) is 0 Å².